The third kappa shape index (κ3) is 3.21. The topological polar surface area (TPSA) is 68.0 Å². The Labute approximate surface area is 105 Å². The number of hydrogen-bond donors (Lipinski definition) is 1. The standard InChI is InChI=1S/C11H17N3O2S/c1-8(6-11(15)16)17-7-10-13-12-9-4-2-3-5-14(9)10/h8H,2-7H2,1H3,(H,15,16). The van der Waals surface area contributed by atoms with Gasteiger partial charge in [-0.05, 0) is 12.8 Å². The Morgan fingerprint density at radius 2 is 2.35 bits per heavy atom. The van der Waals surface area contributed by atoms with E-state index in [0.29, 0.717) is 0 Å². The fourth-order valence-corrected chi connectivity index (χ4v) is 2.90. The number of thioether (sulfide) groups is 1. The van der Waals surface area contributed by atoms with Gasteiger partial charge in [-0.3, -0.25) is 4.79 Å². The molecule has 5 nitrogen and oxygen atoms in total. The number of carboxylic acids is 1. The minimum absolute atomic E-state index is 0.115. The van der Waals surface area contributed by atoms with Crippen LogP contribution in [0.2, 0.25) is 0 Å². The molecule has 0 aromatic carbocycles. The summed E-state index contributed by atoms with van der Waals surface area (Å²) in [4.78, 5) is 10.6. The molecular weight excluding hydrogens is 238 g/mol. The van der Waals surface area contributed by atoms with Crippen LogP contribution in [0, 0.1) is 0 Å². The normalized spacial score (nSPS) is 16.5. The molecule has 0 bridgehead atoms. The van der Waals surface area contributed by atoms with Gasteiger partial charge < -0.3 is 9.67 Å². The number of carbonyl (C=O) groups is 1. The maximum Gasteiger partial charge on any atom is 0.304 e. The minimum Gasteiger partial charge on any atom is -0.481 e. The van der Waals surface area contributed by atoms with Crippen molar-refractivity contribution in [2.75, 3.05) is 0 Å². The van der Waals surface area contributed by atoms with Crippen molar-refractivity contribution in [2.45, 2.75) is 50.2 Å². The summed E-state index contributed by atoms with van der Waals surface area (Å²) in [5.74, 6) is 2.08. The van der Waals surface area contributed by atoms with Crippen molar-refractivity contribution in [2.24, 2.45) is 0 Å². The average Bonchev–Trinajstić information content (AvgIpc) is 2.69. The van der Waals surface area contributed by atoms with Gasteiger partial charge in [-0.1, -0.05) is 6.92 Å². The maximum absolute atomic E-state index is 10.6. The number of aryl methyl sites for hydroxylation is 1. The van der Waals surface area contributed by atoms with E-state index >= 15 is 0 Å². The summed E-state index contributed by atoms with van der Waals surface area (Å²) in [7, 11) is 0. The predicted molar refractivity (Wildman–Crippen MR) is 66.0 cm³/mol. The molecule has 0 saturated carbocycles. The summed E-state index contributed by atoms with van der Waals surface area (Å²) >= 11 is 1.63. The molecule has 1 N–H and O–H groups in total. The molecule has 6 heteroatoms. The number of carboxylic acid groups (broad SMARTS) is 1. The lowest BCUT2D eigenvalue weighted by Gasteiger charge is -2.15. The van der Waals surface area contributed by atoms with E-state index in [1.807, 2.05) is 6.92 Å². The highest BCUT2D eigenvalue weighted by Crippen LogP contribution is 2.22. The van der Waals surface area contributed by atoms with E-state index < -0.39 is 5.97 Å². The second-order valence-corrected chi connectivity index (χ2v) is 5.79. The van der Waals surface area contributed by atoms with Crippen molar-refractivity contribution in [3.63, 3.8) is 0 Å². The van der Waals surface area contributed by atoms with Crippen LogP contribution in [0.5, 0.6) is 0 Å². The zero-order valence-electron chi connectivity index (χ0n) is 9.93. The summed E-state index contributed by atoms with van der Waals surface area (Å²) in [6.45, 7) is 2.94. The molecule has 0 amide bonds. The maximum atomic E-state index is 10.6. The van der Waals surface area contributed by atoms with E-state index in [1.165, 1.54) is 12.8 Å². The van der Waals surface area contributed by atoms with Gasteiger partial charge in [0.15, 0.2) is 0 Å². The number of nitrogens with zero attached hydrogens (tertiary/aromatic N) is 3. The van der Waals surface area contributed by atoms with E-state index in [1.54, 1.807) is 11.8 Å². The molecule has 2 heterocycles. The molecular formula is C11H17N3O2S. The second-order valence-electron chi connectivity index (χ2n) is 4.36. The first-order valence-corrected chi connectivity index (χ1v) is 6.96. The quantitative estimate of drug-likeness (QED) is 0.867. The number of fused-ring (bicyclic) bond motifs is 1. The molecule has 1 aliphatic rings. The van der Waals surface area contributed by atoms with Gasteiger partial charge in [0.2, 0.25) is 0 Å². The lowest BCUT2D eigenvalue weighted by molar-refractivity contribution is -0.136. The average molecular weight is 255 g/mol. The first kappa shape index (κ1) is 12.4. The number of hydrogen-bond acceptors (Lipinski definition) is 4. The van der Waals surface area contributed by atoms with Crippen LogP contribution >= 0.6 is 11.8 Å². The van der Waals surface area contributed by atoms with Crippen molar-refractivity contribution in [3.8, 4) is 0 Å². The monoisotopic (exact) mass is 255 g/mol. The van der Waals surface area contributed by atoms with Crippen LogP contribution in [-0.4, -0.2) is 31.1 Å². The highest BCUT2D eigenvalue weighted by molar-refractivity contribution is 7.99. The minimum atomic E-state index is -0.742. The fourth-order valence-electron chi connectivity index (χ4n) is 2.00. The van der Waals surface area contributed by atoms with Crippen LogP contribution in [0.1, 0.15) is 37.8 Å². The third-order valence-corrected chi connectivity index (χ3v) is 4.06. The SMILES string of the molecule is CC(CC(=O)O)SCc1nnc2n1CCCC2. The molecule has 0 fully saturated rings. The van der Waals surface area contributed by atoms with Gasteiger partial charge in [-0.25, -0.2) is 0 Å². The van der Waals surface area contributed by atoms with Gasteiger partial charge >= 0.3 is 5.97 Å². The van der Waals surface area contributed by atoms with Crippen LogP contribution in [-0.2, 0) is 23.5 Å². The summed E-state index contributed by atoms with van der Waals surface area (Å²) in [5, 5.41) is 17.2. The highest BCUT2D eigenvalue weighted by Gasteiger charge is 2.16. The van der Waals surface area contributed by atoms with Gasteiger partial charge in [0, 0.05) is 18.2 Å². The summed E-state index contributed by atoms with van der Waals surface area (Å²) < 4.78 is 2.18. The van der Waals surface area contributed by atoms with Crippen molar-refractivity contribution >= 4 is 17.7 Å². The van der Waals surface area contributed by atoms with Gasteiger partial charge in [0.05, 0.1) is 12.2 Å². The first-order chi connectivity index (χ1) is 8.16. The second kappa shape index (κ2) is 5.53. The van der Waals surface area contributed by atoms with E-state index in [9.17, 15) is 4.79 Å². The van der Waals surface area contributed by atoms with Gasteiger partial charge in [-0.15, -0.1) is 10.2 Å². The van der Waals surface area contributed by atoms with Crippen molar-refractivity contribution < 1.29 is 9.90 Å². The van der Waals surface area contributed by atoms with E-state index in [4.69, 9.17) is 5.11 Å². The Balaban J connectivity index is 1.91. The molecule has 0 saturated heterocycles. The number of aliphatic carboxylic acids is 1. The van der Waals surface area contributed by atoms with Crippen LogP contribution < -0.4 is 0 Å². The van der Waals surface area contributed by atoms with Crippen molar-refractivity contribution in [1.29, 1.82) is 0 Å². The molecule has 1 unspecified atom stereocenters. The number of aromatic nitrogens is 3. The van der Waals surface area contributed by atoms with Crippen LogP contribution in [0.15, 0.2) is 0 Å². The smallest absolute Gasteiger partial charge is 0.304 e. The van der Waals surface area contributed by atoms with E-state index in [2.05, 4.69) is 14.8 Å². The first-order valence-electron chi connectivity index (χ1n) is 5.91. The Bertz CT molecular complexity index is 405. The lowest BCUT2D eigenvalue weighted by Crippen LogP contribution is -2.13. The van der Waals surface area contributed by atoms with Gasteiger partial charge in [-0.2, -0.15) is 11.8 Å². The van der Waals surface area contributed by atoms with Gasteiger partial charge in [0.1, 0.15) is 11.6 Å². The molecule has 1 atom stereocenters. The molecule has 17 heavy (non-hydrogen) atoms. The zero-order chi connectivity index (χ0) is 12.3. The number of rotatable bonds is 5. The highest BCUT2D eigenvalue weighted by atomic mass is 32.2. The largest absolute Gasteiger partial charge is 0.481 e. The summed E-state index contributed by atoms with van der Waals surface area (Å²) in [6, 6.07) is 0. The van der Waals surface area contributed by atoms with Gasteiger partial charge in [0.25, 0.3) is 0 Å². The third-order valence-electron chi connectivity index (χ3n) is 2.90. The van der Waals surface area contributed by atoms with E-state index in [-0.39, 0.29) is 11.7 Å². The lowest BCUT2D eigenvalue weighted by atomic mass is 10.2. The molecule has 1 aliphatic heterocycles. The Morgan fingerprint density at radius 1 is 1.53 bits per heavy atom. The predicted octanol–water partition coefficient (Wildman–Crippen LogP) is 1.71. The van der Waals surface area contributed by atoms with E-state index in [0.717, 1.165) is 30.4 Å². The molecule has 0 aliphatic carbocycles. The van der Waals surface area contributed by atoms with Crippen molar-refractivity contribution in [3.05, 3.63) is 11.6 Å². The van der Waals surface area contributed by atoms with Crippen LogP contribution in [0.3, 0.4) is 0 Å². The molecule has 1 aromatic rings. The Hall–Kier alpha value is -1.04. The Morgan fingerprint density at radius 3 is 3.12 bits per heavy atom. The Kier molecular flexibility index (Phi) is 4.04. The summed E-state index contributed by atoms with van der Waals surface area (Å²) in [5.41, 5.74) is 0. The molecule has 2 rings (SSSR count). The molecule has 0 spiro atoms. The molecule has 0 radical (unpaired) electrons. The fraction of sp³-hybridized carbons (Fsp3) is 0.727. The molecule has 1 aromatic heterocycles. The van der Waals surface area contributed by atoms with Crippen LogP contribution in [0.25, 0.3) is 0 Å². The zero-order valence-corrected chi connectivity index (χ0v) is 10.7. The van der Waals surface area contributed by atoms with Crippen molar-refractivity contribution in [1.82, 2.24) is 14.8 Å². The molecule has 94 valence electrons. The van der Waals surface area contributed by atoms with Crippen LogP contribution in [0.4, 0.5) is 0 Å². The summed E-state index contributed by atoms with van der Waals surface area (Å²) in [6.07, 6.45) is 3.60.